The average Bonchev–Trinajstić information content (AvgIpc) is 3.06. The van der Waals surface area contributed by atoms with Gasteiger partial charge in [0.2, 0.25) is 0 Å². The van der Waals surface area contributed by atoms with Gasteiger partial charge < -0.3 is 10.6 Å². The van der Waals surface area contributed by atoms with Crippen LogP contribution < -0.4 is 10.6 Å². The van der Waals surface area contributed by atoms with Crippen molar-refractivity contribution in [2.24, 2.45) is 4.99 Å². The molecule has 2 rings (SSSR count). The Morgan fingerprint density at radius 2 is 2.11 bits per heavy atom. The summed E-state index contributed by atoms with van der Waals surface area (Å²) < 4.78 is 0. The van der Waals surface area contributed by atoms with E-state index in [9.17, 15) is 0 Å². The van der Waals surface area contributed by atoms with Gasteiger partial charge in [-0.3, -0.25) is 9.89 Å². The van der Waals surface area contributed by atoms with E-state index in [2.05, 4.69) is 55.2 Å². The lowest BCUT2D eigenvalue weighted by Gasteiger charge is -2.32. The lowest BCUT2D eigenvalue weighted by molar-refractivity contribution is 0.225. The van der Waals surface area contributed by atoms with Gasteiger partial charge in [0.25, 0.3) is 0 Å². The molecule has 0 spiro atoms. The van der Waals surface area contributed by atoms with Crippen molar-refractivity contribution in [3.8, 4) is 0 Å². The molecule has 1 aliphatic rings. The van der Waals surface area contributed by atoms with Crippen molar-refractivity contribution in [3.05, 3.63) is 28.7 Å². The fourth-order valence-electron chi connectivity index (χ4n) is 2.99. The Morgan fingerprint density at radius 3 is 2.67 bits per heavy atom. The van der Waals surface area contributed by atoms with Gasteiger partial charge in [-0.05, 0) is 19.8 Å². The second-order valence-corrected chi connectivity index (χ2v) is 8.84. The highest BCUT2D eigenvalue weighted by atomic mass is 127. The number of likely N-dealkylation sites (tertiary alicyclic amines) is 1. The van der Waals surface area contributed by atoms with Crippen molar-refractivity contribution in [2.75, 3.05) is 32.7 Å². The Morgan fingerprint density at radius 1 is 1.41 bits per heavy atom. The third-order valence-electron chi connectivity index (χ3n) is 4.58. The highest BCUT2D eigenvalue weighted by Gasteiger charge is 2.19. The lowest BCUT2D eigenvalue weighted by atomic mass is 9.93. The molecule has 0 amide bonds. The number of aliphatic imine (C=N–C) groups is 1. The number of piperidine rings is 1. The Balaban J connectivity index is 0.00000364. The minimum atomic E-state index is 0. The summed E-state index contributed by atoms with van der Waals surface area (Å²) >= 11 is 1.75. The molecule has 0 aromatic carbocycles. The molecule has 0 aliphatic carbocycles. The summed E-state index contributed by atoms with van der Waals surface area (Å²) in [5.41, 5.74) is 1.30. The van der Waals surface area contributed by atoms with Gasteiger partial charge in [0.05, 0.1) is 10.7 Å². The quantitative estimate of drug-likeness (QED) is 0.256. The monoisotopic (exact) mass is 505 g/mol. The van der Waals surface area contributed by atoms with Crippen molar-refractivity contribution in [1.82, 2.24) is 20.5 Å². The van der Waals surface area contributed by atoms with Crippen molar-refractivity contribution >= 4 is 41.3 Å². The average molecular weight is 506 g/mol. The van der Waals surface area contributed by atoms with Crippen LogP contribution in [0.15, 0.2) is 23.0 Å². The molecular weight excluding hydrogens is 469 g/mol. The molecule has 0 radical (unpaired) electrons. The molecule has 1 saturated heterocycles. The molecule has 2 heterocycles. The number of rotatable bonds is 7. The van der Waals surface area contributed by atoms with Gasteiger partial charge in [0.1, 0.15) is 0 Å². The predicted molar refractivity (Wildman–Crippen MR) is 129 cm³/mol. The number of aromatic nitrogens is 1. The summed E-state index contributed by atoms with van der Waals surface area (Å²) in [6.45, 7) is 17.4. The first-order valence-electron chi connectivity index (χ1n) is 9.75. The van der Waals surface area contributed by atoms with Gasteiger partial charge in [0, 0.05) is 56.0 Å². The first-order chi connectivity index (χ1) is 12.4. The van der Waals surface area contributed by atoms with Gasteiger partial charge in [-0.1, -0.05) is 26.8 Å². The van der Waals surface area contributed by atoms with Crippen molar-refractivity contribution in [3.63, 3.8) is 0 Å². The second-order valence-electron chi connectivity index (χ2n) is 7.90. The number of hydrogen-bond acceptors (Lipinski definition) is 4. The van der Waals surface area contributed by atoms with Gasteiger partial charge in [-0.15, -0.1) is 41.9 Å². The summed E-state index contributed by atoms with van der Waals surface area (Å²) in [4.78, 5) is 12.0. The zero-order valence-electron chi connectivity index (χ0n) is 17.3. The number of halogens is 1. The SMILES string of the molecule is C=CCN1CCC(NC(=NCCc2nc(C(C)(C)C)cs2)NCC)CC1.I. The van der Waals surface area contributed by atoms with E-state index in [0.717, 1.165) is 57.9 Å². The maximum absolute atomic E-state index is 4.76. The molecule has 5 nitrogen and oxygen atoms in total. The van der Waals surface area contributed by atoms with E-state index in [0.29, 0.717) is 6.04 Å². The van der Waals surface area contributed by atoms with Gasteiger partial charge in [0.15, 0.2) is 5.96 Å². The molecule has 7 heteroatoms. The zero-order chi connectivity index (χ0) is 19.0. The fraction of sp³-hybridized carbons (Fsp3) is 0.700. The standard InChI is InChI=1S/C20H35N5S.HI/c1-6-12-25-13-9-16(10-14-25)23-19(21-7-2)22-11-8-18-24-17(15-26-18)20(3,4)5;/h6,15-16H,1,7-14H2,2-5H3,(H2,21,22,23);1H. The summed E-state index contributed by atoms with van der Waals surface area (Å²) in [5.74, 6) is 0.933. The first-order valence-corrected chi connectivity index (χ1v) is 10.6. The molecular formula is C20H36IN5S. The second kappa shape index (κ2) is 12.0. The van der Waals surface area contributed by atoms with Crippen molar-refractivity contribution in [2.45, 2.75) is 58.4 Å². The third-order valence-corrected chi connectivity index (χ3v) is 5.48. The molecule has 0 saturated carbocycles. The first kappa shape index (κ1) is 24.4. The van der Waals surface area contributed by atoms with E-state index < -0.39 is 0 Å². The molecule has 1 aromatic heterocycles. The lowest BCUT2D eigenvalue weighted by Crippen LogP contribution is -2.48. The molecule has 2 N–H and O–H groups in total. The van der Waals surface area contributed by atoms with Gasteiger partial charge in [-0.25, -0.2) is 4.98 Å². The van der Waals surface area contributed by atoms with E-state index in [1.54, 1.807) is 11.3 Å². The minimum absolute atomic E-state index is 0. The highest BCUT2D eigenvalue weighted by Crippen LogP contribution is 2.24. The van der Waals surface area contributed by atoms with E-state index in [1.165, 1.54) is 10.7 Å². The summed E-state index contributed by atoms with van der Waals surface area (Å²) in [6.07, 6.45) is 5.19. The normalized spacial score (nSPS) is 16.7. The zero-order valence-corrected chi connectivity index (χ0v) is 20.4. The van der Waals surface area contributed by atoms with Crippen LogP contribution in [0.3, 0.4) is 0 Å². The van der Waals surface area contributed by atoms with Crippen LogP contribution in [0, 0.1) is 0 Å². The number of nitrogens with zero attached hydrogens (tertiary/aromatic N) is 3. The highest BCUT2D eigenvalue weighted by molar-refractivity contribution is 14.0. The Labute approximate surface area is 186 Å². The van der Waals surface area contributed by atoms with Crippen LogP contribution >= 0.6 is 35.3 Å². The van der Waals surface area contributed by atoms with Crippen LogP contribution in [0.2, 0.25) is 0 Å². The smallest absolute Gasteiger partial charge is 0.191 e. The van der Waals surface area contributed by atoms with Crippen LogP contribution in [0.25, 0.3) is 0 Å². The molecule has 1 aromatic rings. The molecule has 27 heavy (non-hydrogen) atoms. The Bertz CT molecular complexity index is 585. The maximum Gasteiger partial charge on any atom is 0.191 e. The predicted octanol–water partition coefficient (Wildman–Crippen LogP) is 3.81. The van der Waals surface area contributed by atoms with Crippen LogP contribution in [0.4, 0.5) is 0 Å². The fourth-order valence-corrected chi connectivity index (χ4v) is 4.00. The molecule has 1 aliphatic heterocycles. The number of hydrogen-bond donors (Lipinski definition) is 2. The van der Waals surface area contributed by atoms with Crippen molar-refractivity contribution < 1.29 is 0 Å². The van der Waals surface area contributed by atoms with Gasteiger partial charge >= 0.3 is 0 Å². The van der Waals surface area contributed by atoms with Crippen LogP contribution in [0.1, 0.15) is 51.2 Å². The van der Waals surface area contributed by atoms with E-state index in [-0.39, 0.29) is 29.4 Å². The number of nitrogens with one attached hydrogen (secondary N) is 2. The van der Waals surface area contributed by atoms with Crippen LogP contribution in [-0.2, 0) is 11.8 Å². The summed E-state index contributed by atoms with van der Waals surface area (Å²) in [7, 11) is 0. The summed E-state index contributed by atoms with van der Waals surface area (Å²) in [5, 5.41) is 10.3. The Kier molecular flexibility index (Phi) is 10.8. The largest absolute Gasteiger partial charge is 0.357 e. The van der Waals surface area contributed by atoms with E-state index >= 15 is 0 Å². The summed E-state index contributed by atoms with van der Waals surface area (Å²) in [6, 6.07) is 0.501. The molecule has 0 unspecified atom stereocenters. The van der Waals surface area contributed by atoms with Crippen LogP contribution in [-0.4, -0.2) is 54.6 Å². The Hall–Kier alpha value is -0.670. The van der Waals surface area contributed by atoms with E-state index in [1.807, 2.05) is 6.08 Å². The third kappa shape index (κ3) is 8.48. The minimum Gasteiger partial charge on any atom is -0.357 e. The topological polar surface area (TPSA) is 52.5 Å². The van der Waals surface area contributed by atoms with Crippen molar-refractivity contribution in [1.29, 1.82) is 0 Å². The van der Waals surface area contributed by atoms with Gasteiger partial charge in [-0.2, -0.15) is 0 Å². The molecule has 0 bridgehead atoms. The number of thiazole rings is 1. The van der Waals surface area contributed by atoms with E-state index in [4.69, 9.17) is 9.98 Å². The number of guanidine groups is 1. The molecule has 154 valence electrons. The molecule has 0 atom stereocenters. The maximum atomic E-state index is 4.76. The molecule has 1 fully saturated rings. The van der Waals surface area contributed by atoms with Crippen LogP contribution in [0.5, 0.6) is 0 Å².